The maximum atomic E-state index is 11.6. The quantitative estimate of drug-likeness (QED) is 0.592. The van der Waals surface area contributed by atoms with Gasteiger partial charge in [-0.05, 0) is 48.5 Å². The third-order valence-electron chi connectivity index (χ3n) is 3.03. The summed E-state index contributed by atoms with van der Waals surface area (Å²) in [4.78, 5) is 11.6. The number of benzene rings is 1. The minimum Gasteiger partial charge on any atom is -0.459 e. The lowest BCUT2D eigenvalue weighted by molar-refractivity contribution is 0.0927. The van der Waals surface area contributed by atoms with Crippen molar-refractivity contribution in [3.63, 3.8) is 0 Å². The molecule has 0 saturated carbocycles. The minimum atomic E-state index is -0.440. The molecule has 6 heteroatoms. The Balaban J connectivity index is 1.66. The molecule has 3 aromatic rings. The molecule has 0 saturated heterocycles. The van der Waals surface area contributed by atoms with Crippen LogP contribution < -0.4 is 5.43 Å². The van der Waals surface area contributed by atoms with E-state index in [4.69, 9.17) is 14.1 Å². The first-order chi connectivity index (χ1) is 11.3. The van der Waals surface area contributed by atoms with Gasteiger partial charge in [-0.25, -0.2) is 5.43 Å². The number of amides is 1. The number of nitrogens with zero attached hydrogens (tertiary/aromatic N) is 2. The Bertz CT molecular complexity index is 869. The van der Waals surface area contributed by atoms with Crippen molar-refractivity contribution in [1.82, 2.24) is 5.43 Å². The van der Waals surface area contributed by atoms with Gasteiger partial charge >= 0.3 is 5.91 Å². The van der Waals surface area contributed by atoms with E-state index in [0.717, 1.165) is 5.56 Å². The number of rotatable bonds is 4. The first kappa shape index (κ1) is 14.4. The van der Waals surface area contributed by atoms with Crippen LogP contribution in [0.1, 0.15) is 21.9 Å². The van der Waals surface area contributed by atoms with Gasteiger partial charge in [0.2, 0.25) is 0 Å². The number of nitrogens with one attached hydrogen (secondary N) is 1. The van der Waals surface area contributed by atoms with Gasteiger partial charge in [-0.1, -0.05) is 0 Å². The lowest BCUT2D eigenvalue weighted by Gasteiger charge is -1.96. The number of nitriles is 1. The largest absolute Gasteiger partial charge is 0.459 e. The molecule has 23 heavy (non-hydrogen) atoms. The van der Waals surface area contributed by atoms with Gasteiger partial charge in [-0.2, -0.15) is 10.4 Å². The van der Waals surface area contributed by atoms with E-state index in [1.54, 1.807) is 48.5 Å². The Labute approximate surface area is 131 Å². The topological polar surface area (TPSA) is 91.5 Å². The molecule has 0 atom stereocenters. The van der Waals surface area contributed by atoms with E-state index >= 15 is 0 Å². The summed E-state index contributed by atoms with van der Waals surface area (Å²) in [7, 11) is 0. The lowest BCUT2D eigenvalue weighted by Crippen LogP contribution is -2.16. The van der Waals surface area contributed by atoms with Crippen molar-refractivity contribution in [3.05, 3.63) is 71.9 Å². The molecule has 0 bridgehead atoms. The Kier molecular flexibility index (Phi) is 4.03. The fraction of sp³-hybridized carbons (Fsp3) is 0. The molecule has 0 spiro atoms. The van der Waals surface area contributed by atoms with Crippen LogP contribution in [0.2, 0.25) is 0 Å². The van der Waals surface area contributed by atoms with Crippen molar-refractivity contribution in [2.45, 2.75) is 0 Å². The van der Waals surface area contributed by atoms with Gasteiger partial charge in [0.15, 0.2) is 5.76 Å². The highest BCUT2D eigenvalue weighted by atomic mass is 16.3. The number of hydrogen-bond acceptors (Lipinski definition) is 5. The van der Waals surface area contributed by atoms with Crippen LogP contribution in [0.15, 0.2) is 68.7 Å². The molecule has 2 aromatic heterocycles. The van der Waals surface area contributed by atoms with Crippen LogP contribution in [-0.2, 0) is 0 Å². The average Bonchev–Trinajstić information content (AvgIpc) is 3.27. The smallest absolute Gasteiger partial charge is 0.307 e. The third kappa shape index (κ3) is 3.36. The van der Waals surface area contributed by atoms with Crippen LogP contribution >= 0.6 is 0 Å². The van der Waals surface area contributed by atoms with Crippen molar-refractivity contribution in [1.29, 1.82) is 5.26 Å². The molecule has 0 fully saturated rings. The second-order valence-electron chi connectivity index (χ2n) is 4.57. The predicted molar refractivity (Wildman–Crippen MR) is 82.6 cm³/mol. The zero-order valence-electron chi connectivity index (χ0n) is 11.9. The summed E-state index contributed by atoms with van der Waals surface area (Å²) in [5.74, 6) is 0.877. The van der Waals surface area contributed by atoms with E-state index < -0.39 is 5.91 Å². The number of furan rings is 2. The van der Waals surface area contributed by atoms with Gasteiger partial charge in [-0.3, -0.25) is 4.79 Å². The predicted octanol–water partition coefficient (Wildman–Crippen LogP) is 3.18. The van der Waals surface area contributed by atoms with Crippen LogP contribution in [0.5, 0.6) is 0 Å². The highest BCUT2D eigenvalue weighted by Crippen LogP contribution is 2.21. The molecule has 0 radical (unpaired) electrons. The molecular weight excluding hydrogens is 294 g/mol. The van der Waals surface area contributed by atoms with Crippen molar-refractivity contribution >= 4 is 12.1 Å². The first-order valence-electron chi connectivity index (χ1n) is 6.73. The van der Waals surface area contributed by atoms with Crippen molar-refractivity contribution in [2.24, 2.45) is 5.10 Å². The molecule has 2 heterocycles. The highest BCUT2D eigenvalue weighted by Gasteiger charge is 2.07. The fourth-order valence-electron chi connectivity index (χ4n) is 1.90. The number of hydrazone groups is 1. The van der Waals surface area contributed by atoms with Crippen LogP contribution in [0.4, 0.5) is 0 Å². The van der Waals surface area contributed by atoms with E-state index in [9.17, 15) is 4.79 Å². The van der Waals surface area contributed by atoms with E-state index in [2.05, 4.69) is 16.6 Å². The first-order valence-corrected chi connectivity index (χ1v) is 6.73. The standard InChI is InChI=1S/C17H11N3O3/c18-10-12-3-5-13(6-4-12)15-8-7-14(23-15)11-19-20-17(21)16-2-1-9-22-16/h1-9,11H,(H,20,21)/b19-11+. The molecule has 0 unspecified atom stereocenters. The Morgan fingerprint density at radius 3 is 2.70 bits per heavy atom. The summed E-state index contributed by atoms with van der Waals surface area (Å²) in [6.07, 6.45) is 2.81. The van der Waals surface area contributed by atoms with Gasteiger partial charge in [0, 0.05) is 5.56 Å². The van der Waals surface area contributed by atoms with E-state index in [1.807, 2.05) is 0 Å². The van der Waals surface area contributed by atoms with Gasteiger partial charge in [0.05, 0.1) is 24.1 Å². The summed E-state index contributed by atoms with van der Waals surface area (Å²) >= 11 is 0. The summed E-state index contributed by atoms with van der Waals surface area (Å²) in [5, 5.41) is 12.6. The summed E-state index contributed by atoms with van der Waals surface area (Å²) in [5.41, 5.74) is 3.77. The molecule has 3 rings (SSSR count). The molecule has 1 N–H and O–H groups in total. The normalized spacial score (nSPS) is 10.6. The Morgan fingerprint density at radius 1 is 1.17 bits per heavy atom. The van der Waals surface area contributed by atoms with Crippen LogP contribution in [-0.4, -0.2) is 12.1 Å². The highest BCUT2D eigenvalue weighted by molar-refractivity contribution is 5.92. The maximum Gasteiger partial charge on any atom is 0.307 e. The average molecular weight is 305 g/mol. The molecule has 0 aliphatic carbocycles. The molecule has 1 amide bonds. The summed E-state index contributed by atoms with van der Waals surface area (Å²) in [6.45, 7) is 0. The number of carbonyl (C=O) groups is 1. The SMILES string of the molecule is N#Cc1ccc(-c2ccc(/C=N/NC(=O)c3ccco3)o2)cc1. The molecule has 6 nitrogen and oxygen atoms in total. The third-order valence-corrected chi connectivity index (χ3v) is 3.03. The lowest BCUT2D eigenvalue weighted by atomic mass is 10.1. The molecular formula is C17H11N3O3. The van der Waals surface area contributed by atoms with Gasteiger partial charge in [-0.15, -0.1) is 0 Å². The van der Waals surface area contributed by atoms with Crippen LogP contribution in [0.3, 0.4) is 0 Å². The monoisotopic (exact) mass is 305 g/mol. The maximum absolute atomic E-state index is 11.6. The molecule has 0 aliphatic heterocycles. The zero-order chi connectivity index (χ0) is 16.1. The fourth-order valence-corrected chi connectivity index (χ4v) is 1.90. The van der Waals surface area contributed by atoms with Crippen molar-refractivity contribution in [3.8, 4) is 17.4 Å². The summed E-state index contributed by atoms with van der Waals surface area (Å²) in [6, 6.07) is 15.8. The number of carbonyl (C=O) groups excluding carboxylic acids is 1. The Hall–Kier alpha value is -3.59. The van der Waals surface area contributed by atoms with Crippen molar-refractivity contribution < 1.29 is 13.6 Å². The van der Waals surface area contributed by atoms with E-state index in [0.29, 0.717) is 17.1 Å². The van der Waals surface area contributed by atoms with E-state index in [-0.39, 0.29) is 5.76 Å². The van der Waals surface area contributed by atoms with E-state index in [1.165, 1.54) is 12.5 Å². The summed E-state index contributed by atoms with van der Waals surface area (Å²) < 4.78 is 10.6. The second kappa shape index (κ2) is 6.45. The second-order valence-corrected chi connectivity index (χ2v) is 4.57. The van der Waals surface area contributed by atoms with Crippen LogP contribution in [0, 0.1) is 11.3 Å². The Morgan fingerprint density at radius 2 is 2.00 bits per heavy atom. The number of hydrogen-bond donors (Lipinski definition) is 1. The van der Waals surface area contributed by atoms with Gasteiger partial charge in [0.25, 0.3) is 0 Å². The molecule has 1 aromatic carbocycles. The van der Waals surface area contributed by atoms with Crippen molar-refractivity contribution in [2.75, 3.05) is 0 Å². The molecule has 0 aliphatic rings. The molecule has 112 valence electrons. The van der Waals surface area contributed by atoms with Crippen LogP contribution in [0.25, 0.3) is 11.3 Å². The van der Waals surface area contributed by atoms with Gasteiger partial charge < -0.3 is 8.83 Å². The zero-order valence-corrected chi connectivity index (χ0v) is 11.9. The minimum absolute atomic E-state index is 0.180. The van der Waals surface area contributed by atoms with Gasteiger partial charge in [0.1, 0.15) is 11.5 Å².